The number of thiophene rings is 1. The lowest BCUT2D eigenvalue weighted by Gasteiger charge is -2.25. The molecule has 0 fully saturated rings. The van der Waals surface area contributed by atoms with Crippen LogP contribution in [0.25, 0.3) is 0 Å². The maximum atomic E-state index is 12.1. The molecule has 3 nitrogen and oxygen atoms in total. The highest BCUT2D eigenvalue weighted by Crippen LogP contribution is 2.23. The van der Waals surface area contributed by atoms with E-state index in [0.717, 1.165) is 19.3 Å². The Labute approximate surface area is 119 Å². The Morgan fingerprint density at radius 3 is 2.95 bits per heavy atom. The molecule has 0 unspecified atom stereocenters. The summed E-state index contributed by atoms with van der Waals surface area (Å²) in [4.78, 5) is 15.6. The standard InChI is InChI=1S/C15H22N2OS/c1-17(2)13(14-9-6-10-19-14)11-16-15(18)12-7-4-3-5-8-12/h3-4,6,9-10,12-13H,5,7-8,11H2,1-2H3,(H,16,18)/t12-,13+/m0/s1. The van der Waals surface area contributed by atoms with Crippen LogP contribution in [0.2, 0.25) is 0 Å². The van der Waals surface area contributed by atoms with Crippen LogP contribution < -0.4 is 5.32 Å². The van der Waals surface area contributed by atoms with E-state index in [1.165, 1.54) is 4.88 Å². The first-order valence-electron chi connectivity index (χ1n) is 6.81. The zero-order chi connectivity index (χ0) is 13.7. The molecular weight excluding hydrogens is 256 g/mol. The van der Waals surface area contributed by atoms with Crippen LogP contribution in [-0.4, -0.2) is 31.4 Å². The molecule has 0 bridgehead atoms. The Hall–Kier alpha value is -1.13. The van der Waals surface area contributed by atoms with Crippen LogP contribution in [0, 0.1) is 5.92 Å². The number of hydrogen-bond donors (Lipinski definition) is 1. The van der Waals surface area contributed by atoms with E-state index in [1.54, 1.807) is 11.3 Å². The first kappa shape index (κ1) is 14.3. The second-order valence-electron chi connectivity index (χ2n) is 5.22. The molecule has 104 valence electrons. The van der Waals surface area contributed by atoms with Crippen molar-refractivity contribution in [3.05, 3.63) is 34.5 Å². The Bertz CT molecular complexity index is 425. The smallest absolute Gasteiger partial charge is 0.223 e. The normalized spacial score (nSPS) is 20.5. The van der Waals surface area contributed by atoms with Gasteiger partial charge < -0.3 is 10.2 Å². The highest BCUT2D eigenvalue weighted by molar-refractivity contribution is 7.10. The molecule has 0 radical (unpaired) electrons. The molecule has 0 saturated heterocycles. The maximum absolute atomic E-state index is 12.1. The fraction of sp³-hybridized carbons (Fsp3) is 0.533. The highest BCUT2D eigenvalue weighted by atomic mass is 32.1. The minimum atomic E-state index is 0.163. The molecular formula is C15H22N2OS. The van der Waals surface area contributed by atoms with Gasteiger partial charge in [0.15, 0.2) is 0 Å². The van der Waals surface area contributed by atoms with Gasteiger partial charge in [-0.25, -0.2) is 0 Å². The second-order valence-corrected chi connectivity index (χ2v) is 6.20. The van der Waals surface area contributed by atoms with E-state index >= 15 is 0 Å². The van der Waals surface area contributed by atoms with Gasteiger partial charge >= 0.3 is 0 Å². The van der Waals surface area contributed by atoms with Crippen molar-refractivity contribution in [2.45, 2.75) is 25.3 Å². The van der Waals surface area contributed by atoms with E-state index < -0.39 is 0 Å². The SMILES string of the molecule is CN(C)[C@H](CNC(=O)[C@H]1CC=CCC1)c1cccs1. The van der Waals surface area contributed by atoms with Crippen LogP contribution in [0.3, 0.4) is 0 Å². The Balaban J connectivity index is 1.88. The lowest BCUT2D eigenvalue weighted by atomic mass is 9.93. The number of nitrogens with zero attached hydrogens (tertiary/aromatic N) is 1. The number of carbonyl (C=O) groups excluding carboxylic acids is 1. The van der Waals surface area contributed by atoms with E-state index in [2.05, 4.69) is 54.0 Å². The molecule has 4 heteroatoms. The fourth-order valence-corrected chi connectivity index (χ4v) is 3.31. The number of allylic oxidation sites excluding steroid dienone is 2. The van der Waals surface area contributed by atoms with Crippen LogP contribution in [0.1, 0.15) is 30.2 Å². The van der Waals surface area contributed by atoms with Crippen molar-refractivity contribution < 1.29 is 4.79 Å². The van der Waals surface area contributed by atoms with Gasteiger partial charge in [0.25, 0.3) is 0 Å². The third-order valence-electron chi connectivity index (χ3n) is 3.60. The van der Waals surface area contributed by atoms with Crippen LogP contribution in [0.15, 0.2) is 29.7 Å². The van der Waals surface area contributed by atoms with Crippen LogP contribution in [0.5, 0.6) is 0 Å². The van der Waals surface area contributed by atoms with Crippen molar-refractivity contribution in [3.63, 3.8) is 0 Å². The van der Waals surface area contributed by atoms with Gasteiger partial charge in [-0.05, 0) is 44.8 Å². The third-order valence-corrected chi connectivity index (χ3v) is 4.58. The van der Waals surface area contributed by atoms with Crippen molar-refractivity contribution >= 4 is 17.2 Å². The Kier molecular flexibility index (Phi) is 5.16. The number of hydrogen-bond acceptors (Lipinski definition) is 3. The lowest BCUT2D eigenvalue weighted by Crippen LogP contribution is -2.37. The van der Waals surface area contributed by atoms with Crippen LogP contribution in [-0.2, 0) is 4.79 Å². The number of likely N-dealkylation sites (N-methyl/N-ethyl adjacent to an activating group) is 1. The third kappa shape index (κ3) is 3.91. The molecule has 1 N–H and O–H groups in total. The summed E-state index contributed by atoms with van der Waals surface area (Å²) in [6.45, 7) is 0.687. The molecule has 0 aromatic carbocycles. The Morgan fingerprint density at radius 1 is 1.53 bits per heavy atom. The molecule has 0 spiro atoms. The summed E-state index contributed by atoms with van der Waals surface area (Å²) in [5.41, 5.74) is 0. The highest BCUT2D eigenvalue weighted by Gasteiger charge is 2.21. The van der Waals surface area contributed by atoms with E-state index in [0.29, 0.717) is 6.54 Å². The van der Waals surface area contributed by atoms with Crippen molar-refractivity contribution in [1.82, 2.24) is 10.2 Å². The van der Waals surface area contributed by atoms with E-state index in [4.69, 9.17) is 0 Å². The van der Waals surface area contributed by atoms with Crippen molar-refractivity contribution in [3.8, 4) is 0 Å². The van der Waals surface area contributed by atoms with Gasteiger partial charge in [0, 0.05) is 17.3 Å². The van der Waals surface area contributed by atoms with Crippen molar-refractivity contribution in [2.75, 3.05) is 20.6 Å². The van der Waals surface area contributed by atoms with Gasteiger partial charge in [0.05, 0.1) is 6.04 Å². The summed E-state index contributed by atoms with van der Waals surface area (Å²) in [7, 11) is 4.11. The predicted octanol–water partition coefficient (Wildman–Crippen LogP) is 2.82. The molecule has 1 heterocycles. The van der Waals surface area contributed by atoms with Gasteiger partial charge in [0.2, 0.25) is 5.91 Å². The Morgan fingerprint density at radius 2 is 2.37 bits per heavy atom. The molecule has 1 aliphatic carbocycles. The van der Waals surface area contributed by atoms with Crippen LogP contribution in [0.4, 0.5) is 0 Å². The minimum absolute atomic E-state index is 0.163. The van der Waals surface area contributed by atoms with E-state index in [1.807, 2.05) is 0 Å². The summed E-state index contributed by atoms with van der Waals surface area (Å²) in [5, 5.41) is 5.20. The van der Waals surface area contributed by atoms with Gasteiger partial charge in [0.1, 0.15) is 0 Å². The molecule has 1 aromatic rings. The molecule has 1 amide bonds. The van der Waals surface area contributed by atoms with Crippen LogP contribution >= 0.6 is 11.3 Å². The number of amides is 1. The molecule has 0 aliphatic heterocycles. The van der Waals surface area contributed by atoms with E-state index in [9.17, 15) is 4.79 Å². The van der Waals surface area contributed by atoms with Gasteiger partial charge in [-0.2, -0.15) is 0 Å². The number of carbonyl (C=O) groups is 1. The van der Waals surface area contributed by atoms with E-state index in [-0.39, 0.29) is 17.9 Å². The van der Waals surface area contributed by atoms with Crippen molar-refractivity contribution in [2.24, 2.45) is 5.92 Å². The van der Waals surface area contributed by atoms with Gasteiger partial charge in [-0.1, -0.05) is 18.2 Å². The van der Waals surface area contributed by atoms with Gasteiger partial charge in [-0.15, -0.1) is 11.3 Å². The average molecular weight is 278 g/mol. The lowest BCUT2D eigenvalue weighted by molar-refractivity contribution is -0.125. The maximum Gasteiger partial charge on any atom is 0.223 e. The summed E-state index contributed by atoms with van der Waals surface area (Å²) in [6.07, 6.45) is 7.18. The summed E-state index contributed by atoms with van der Waals surface area (Å²) in [6, 6.07) is 4.46. The number of rotatable bonds is 5. The average Bonchev–Trinajstić information content (AvgIpc) is 2.93. The monoisotopic (exact) mass is 278 g/mol. The predicted molar refractivity (Wildman–Crippen MR) is 80.2 cm³/mol. The summed E-state index contributed by atoms with van der Waals surface area (Å²) < 4.78 is 0. The molecule has 19 heavy (non-hydrogen) atoms. The molecule has 2 rings (SSSR count). The topological polar surface area (TPSA) is 32.3 Å². The summed E-state index contributed by atoms with van der Waals surface area (Å²) in [5.74, 6) is 0.365. The molecule has 2 atom stereocenters. The first-order valence-corrected chi connectivity index (χ1v) is 7.69. The zero-order valence-electron chi connectivity index (χ0n) is 11.6. The first-order chi connectivity index (χ1) is 9.18. The second kappa shape index (κ2) is 6.87. The molecule has 1 aliphatic rings. The molecule has 1 aromatic heterocycles. The quantitative estimate of drug-likeness (QED) is 0.840. The number of nitrogens with one attached hydrogen (secondary N) is 1. The van der Waals surface area contributed by atoms with Gasteiger partial charge in [-0.3, -0.25) is 4.79 Å². The zero-order valence-corrected chi connectivity index (χ0v) is 12.5. The molecule has 0 saturated carbocycles. The van der Waals surface area contributed by atoms with Crippen molar-refractivity contribution in [1.29, 1.82) is 0 Å². The largest absolute Gasteiger partial charge is 0.354 e. The summed E-state index contributed by atoms with van der Waals surface area (Å²) >= 11 is 1.74. The fourth-order valence-electron chi connectivity index (χ4n) is 2.39. The minimum Gasteiger partial charge on any atom is -0.354 e.